The Morgan fingerprint density at radius 1 is 0.333 bits per heavy atom. The summed E-state index contributed by atoms with van der Waals surface area (Å²) in [5.74, 6) is 0. The van der Waals surface area contributed by atoms with Gasteiger partial charge in [-0.1, -0.05) is 0 Å². The van der Waals surface area contributed by atoms with Crippen molar-refractivity contribution in [3.05, 3.63) is 0 Å². The highest BCUT2D eigenvalue weighted by Crippen LogP contribution is 2.38. The molecule has 1 fully saturated rings. The van der Waals surface area contributed by atoms with E-state index in [1.54, 1.807) is 0 Å². The molecule has 72 valence electrons. The van der Waals surface area contributed by atoms with E-state index in [1.165, 1.54) is 0 Å². The van der Waals surface area contributed by atoms with Crippen molar-refractivity contribution in [3.63, 3.8) is 0 Å². The van der Waals surface area contributed by atoms with Gasteiger partial charge in [-0.25, -0.2) is 0 Å². The smallest absolute Gasteiger partial charge is 0.0272 e. The Balaban J connectivity index is 2.76. The van der Waals surface area contributed by atoms with E-state index in [0.717, 1.165) is 0 Å². The first-order valence-corrected chi connectivity index (χ1v) is 6.65. The molecule has 1 rings (SSSR count). The van der Waals surface area contributed by atoms with Crippen LogP contribution in [0.4, 0.5) is 0 Å². The highest BCUT2D eigenvalue weighted by Gasteiger charge is 2.42. The minimum absolute atomic E-state index is 0.130. The molecule has 0 atom stereocenters. The zero-order valence-corrected chi connectivity index (χ0v) is 11.5. The van der Waals surface area contributed by atoms with Crippen molar-refractivity contribution in [3.8, 4) is 0 Å². The Morgan fingerprint density at radius 2 is 0.417 bits per heavy atom. The molecule has 1 aliphatic carbocycles. The second kappa shape index (κ2) is 4.75. The maximum Gasteiger partial charge on any atom is 0.0272 e. The summed E-state index contributed by atoms with van der Waals surface area (Å²) in [6.45, 7) is 0. The molecule has 0 N–H and O–H groups in total. The normalized spacial score (nSPS) is 55.5. The second-order valence-electron chi connectivity index (χ2n) is 2.94. The van der Waals surface area contributed by atoms with Gasteiger partial charge in [-0.2, -0.15) is 75.8 Å². The minimum Gasteiger partial charge on any atom is -0.174 e. The molecule has 1 saturated carbocycles. The van der Waals surface area contributed by atoms with Crippen molar-refractivity contribution in [1.82, 2.24) is 0 Å². The summed E-state index contributed by atoms with van der Waals surface area (Å²) >= 11 is 26.6. The summed E-state index contributed by atoms with van der Waals surface area (Å²) in [4.78, 5) is 0. The fourth-order valence-electron chi connectivity index (χ4n) is 1.21. The molecule has 0 aromatic rings. The van der Waals surface area contributed by atoms with Crippen LogP contribution in [0.25, 0.3) is 0 Å². The Labute approximate surface area is 106 Å². The number of hydrogen-bond acceptors (Lipinski definition) is 6. The first-order valence-electron chi connectivity index (χ1n) is 3.55. The van der Waals surface area contributed by atoms with Crippen molar-refractivity contribution in [1.29, 1.82) is 0 Å². The van der Waals surface area contributed by atoms with Crippen molar-refractivity contribution in [2.24, 2.45) is 0 Å². The summed E-state index contributed by atoms with van der Waals surface area (Å²) in [6, 6.07) is 0. The molecule has 12 heavy (non-hydrogen) atoms. The predicted molar refractivity (Wildman–Crippen MR) is 76.6 cm³/mol. The topological polar surface area (TPSA) is 0 Å². The third kappa shape index (κ3) is 2.19. The standard InChI is InChI=1S/C6H12S6/c7-1-2(8)4(10)6(12)5(11)3(1)9/h1-12H. The molecule has 0 aromatic carbocycles. The zero-order chi connectivity index (χ0) is 9.46. The van der Waals surface area contributed by atoms with E-state index in [-0.39, 0.29) is 31.5 Å². The Kier molecular flexibility index (Phi) is 4.81. The van der Waals surface area contributed by atoms with E-state index in [1.807, 2.05) is 0 Å². The Morgan fingerprint density at radius 3 is 0.500 bits per heavy atom. The van der Waals surface area contributed by atoms with Crippen LogP contribution in [0, 0.1) is 0 Å². The predicted octanol–water partition coefficient (Wildman–Crippen LogP) is 1.79. The average molecular weight is 277 g/mol. The van der Waals surface area contributed by atoms with Gasteiger partial charge >= 0.3 is 0 Å². The summed E-state index contributed by atoms with van der Waals surface area (Å²) in [6.07, 6.45) is 0. The molecule has 0 saturated heterocycles. The molecule has 0 aromatic heterocycles. The minimum atomic E-state index is 0.130. The largest absolute Gasteiger partial charge is 0.174 e. The van der Waals surface area contributed by atoms with Crippen molar-refractivity contribution < 1.29 is 0 Å². The van der Waals surface area contributed by atoms with Gasteiger partial charge in [0.05, 0.1) is 0 Å². The first kappa shape index (κ1) is 12.2. The van der Waals surface area contributed by atoms with Crippen LogP contribution in [0.2, 0.25) is 0 Å². The van der Waals surface area contributed by atoms with Gasteiger partial charge in [-0.15, -0.1) is 0 Å². The quantitative estimate of drug-likeness (QED) is 0.357. The van der Waals surface area contributed by atoms with Gasteiger partial charge in [0.1, 0.15) is 0 Å². The molecule has 0 unspecified atom stereocenters. The summed E-state index contributed by atoms with van der Waals surface area (Å²) in [7, 11) is 0. The van der Waals surface area contributed by atoms with Gasteiger partial charge in [0, 0.05) is 31.5 Å². The lowest BCUT2D eigenvalue weighted by Gasteiger charge is -2.42. The SMILES string of the molecule is SC1C(S)C(S)C(S)C(S)C1S. The molecule has 0 bridgehead atoms. The molecular weight excluding hydrogens is 264 g/mol. The van der Waals surface area contributed by atoms with E-state index in [2.05, 4.69) is 75.8 Å². The van der Waals surface area contributed by atoms with Crippen molar-refractivity contribution in [2.45, 2.75) is 31.5 Å². The molecule has 1 aliphatic rings. The fraction of sp³-hybridized carbons (Fsp3) is 1.00. The maximum absolute atomic E-state index is 4.43. The van der Waals surface area contributed by atoms with Gasteiger partial charge < -0.3 is 0 Å². The number of rotatable bonds is 0. The lowest BCUT2D eigenvalue weighted by Crippen LogP contribution is -2.52. The second-order valence-corrected chi connectivity index (χ2v) is 6.52. The van der Waals surface area contributed by atoms with Crippen LogP contribution in [-0.4, -0.2) is 31.5 Å². The molecular formula is C6H12S6. The summed E-state index contributed by atoms with van der Waals surface area (Å²) < 4.78 is 0. The monoisotopic (exact) mass is 276 g/mol. The maximum atomic E-state index is 4.43. The highest BCUT2D eigenvalue weighted by atomic mass is 32.1. The molecule has 0 radical (unpaired) electrons. The van der Waals surface area contributed by atoms with Gasteiger partial charge in [-0.05, 0) is 0 Å². The molecule has 6 heteroatoms. The van der Waals surface area contributed by atoms with E-state index in [4.69, 9.17) is 0 Å². The Hall–Kier alpha value is 2.10. The number of hydrogen-bond donors (Lipinski definition) is 6. The van der Waals surface area contributed by atoms with E-state index in [0.29, 0.717) is 0 Å². The van der Waals surface area contributed by atoms with E-state index in [9.17, 15) is 0 Å². The summed E-state index contributed by atoms with van der Waals surface area (Å²) in [5.41, 5.74) is 0. The zero-order valence-electron chi connectivity index (χ0n) is 6.15. The lowest BCUT2D eigenvalue weighted by molar-refractivity contribution is 0.589. The highest BCUT2D eigenvalue weighted by molar-refractivity contribution is 7.91. The van der Waals surface area contributed by atoms with Gasteiger partial charge in [0.2, 0.25) is 0 Å². The van der Waals surface area contributed by atoms with E-state index < -0.39 is 0 Å². The van der Waals surface area contributed by atoms with E-state index >= 15 is 0 Å². The van der Waals surface area contributed by atoms with Crippen LogP contribution in [0.1, 0.15) is 0 Å². The van der Waals surface area contributed by atoms with Crippen LogP contribution in [0.3, 0.4) is 0 Å². The molecule has 0 heterocycles. The number of thiol groups is 6. The van der Waals surface area contributed by atoms with Crippen molar-refractivity contribution >= 4 is 75.8 Å². The van der Waals surface area contributed by atoms with Crippen LogP contribution in [0.5, 0.6) is 0 Å². The van der Waals surface area contributed by atoms with Crippen LogP contribution >= 0.6 is 75.8 Å². The molecule has 0 aliphatic heterocycles. The lowest BCUT2D eigenvalue weighted by atomic mass is 9.97. The first-order chi connectivity index (χ1) is 5.46. The average Bonchev–Trinajstić information content (AvgIpc) is 2.08. The van der Waals surface area contributed by atoms with Crippen LogP contribution in [-0.2, 0) is 0 Å². The van der Waals surface area contributed by atoms with Gasteiger partial charge in [0.25, 0.3) is 0 Å². The molecule has 0 spiro atoms. The third-order valence-corrected chi connectivity index (χ3v) is 7.37. The van der Waals surface area contributed by atoms with Gasteiger partial charge in [-0.3, -0.25) is 0 Å². The Bertz CT molecular complexity index is 104. The van der Waals surface area contributed by atoms with Gasteiger partial charge in [0.15, 0.2) is 0 Å². The summed E-state index contributed by atoms with van der Waals surface area (Å²) in [5, 5.41) is 0.778. The van der Waals surface area contributed by atoms with Crippen molar-refractivity contribution in [2.75, 3.05) is 0 Å². The third-order valence-electron chi connectivity index (χ3n) is 2.10. The molecule has 0 amide bonds. The van der Waals surface area contributed by atoms with Crippen LogP contribution in [0.15, 0.2) is 0 Å². The fourth-order valence-corrected chi connectivity index (χ4v) is 4.25. The van der Waals surface area contributed by atoms with Crippen LogP contribution < -0.4 is 0 Å². The molecule has 0 nitrogen and oxygen atoms in total.